The van der Waals surface area contributed by atoms with Crippen LogP contribution in [0.25, 0.3) is 10.1 Å². The van der Waals surface area contributed by atoms with Crippen LogP contribution in [0.2, 0.25) is 0 Å². The molecule has 2 N–H and O–H groups in total. The van der Waals surface area contributed by atoms with Crippen LogP contribution in [0.3, 0.4) is 0 Å². The maximum Gasteiger partial charge on any atom is 0.266 e. The number of amides is 2. The summed E-state index contributed by atoms with van der Waals surface area (Å²) in [7, 11) is 0. The minimum absolute atomic E-state index is 0.0521. The molecule has 2 amide bonds. The molecule has 1 heterocycles. The van der Waals surface area contributed by atoms with E-state index in [1.807, 2.05) is 37.3 Å². The lowest BCUT2D eigenvalue weighted by atomic mass is 10.1. The molecule has 4 aromatic rings. The van der Waals surface area contributed by atoms with Crippen LogP contribution >= 0.6 is 11.3 Å². The molecule has 0 atom stereocenters. The van der Waals surface area contributed by atoms with Crippen molar-refractivity contribution in [2.75, 3.05) is 5.32 Å². The van der Waals surface area contributed by atoms with Gasteiger partial charge in [0.2, 0.25) is 0 Å². The van der Waals surface area contributed by atoms with Crippen molar-refractivity contribution in [1.82, 2.24) is 5.32 Å². The maximum absolute atomic E-state index is 14.8. The number of carbonyl (C=O) groups is 2. The van der Waals surface area contributed by atoms with Gasteiger partial charge in [-0.1, -0.05) is 30.3 Å². The van der Waals surface area contributed by atoms with Gasteiger partial charge in [0.05, 0.1) is 0 Å². The van der Waals surface area contributed by atoms with Crippen LogP contribution in [0.5, 0.6) is 5.75 Å². The molecule has 0 spiro atoms. The van der Waals surface area contributed by atoms with Crippen molar-refractivity contribution in [3.05, 3.63) is 94.1 Å². The number of halogens is 1. The van der Waals surface area contributed by atoms with Crippen LogP contribution in [0.15, 0.2) is 66.7 Å². The fourth-order valence-corrected chi connectivity index (χ4v) is 4.85. The monoisotopic (exact) mass is 474 g/mol. The number of carbonyl (C=O) groups excluding carboxylic acids is 2. The fourth-order valence-electron chi connectivity index (χ4n) is 3.73. The molecule has 1 aromatic heterocycles. The average molecular weight is 475 g/mol. The second-order valence-corrected chi connectivity index (χ2v) is 9.41. The molecule has 1 aliphatic carbocycles. The molecule has 172 valence electrons. The Labute approximate surface area is 200 Å². The topological polar surface area (TPSA) is 67.4 Å². The molecular formula is C27H23FN2O3S. The lowest BCUT2D eigenvalue weighted by molar-refractivity contribution is 0.0949. The second kappa shape index (κ2) is 9.27. The number of para-hydroxylation sites is 1. The van der Waals surface area contributed by atoms with E-state index in [0.717, 1.165) is 18.4 Å². The van der Waals surface area contributed by atoms with E-state index in [2.05, 4.69) is 10.6 Å². The van der Waals surface area contributed by atoms with Crippen molar-refractivity contribution in [2.45, 2.75) is 32.4 Å². The number of ether oxygens (including phenoxy) is 1. The zero-order valence-corrected chi connectivity index (χ0v) is 19.4. The summed E-state index contributed by atoms with van der Waals surface area (Å²) in [5.74, 6) is -0.279. The highest BCUT2D eigenvalue weighted by Gasteiger charge is 2.25. The van der Waals surface area contributed by atoms with Gasteiger partial charge in [-0.15, -0.1) is 11.3 Å². The molecule has 5 nitrogen and oxygen atoms in total. The normalized spacial score (nSPS) is 13.0. The minimum Gasteiger partial charge on any atom is -0.489 e. The molecule has 0 radical (unpaired) electrons. The molecule has 3 aromatic carbocycles. The first-order valence-electron chi connectivity index (χ1n) is 11.1. The van der Waals surface area contributed by atoms with Crippen molar-refractivity contribution < 1.29 is 18.7 Å². The maximum atomic E-state index is 14.8. The predicted molar refractivity (Wildman–Crippen MR) is 132 cm³/mol. The molecule has 0 aliphatic heterocycles. The standard InChI is InChI=1S/C27H23FN2O3S/c1-16-10-11-17(26(31)29-18-12-13-18)14-22(16)30-27(32)25-20(15-33-19-6-3-2-4-7-19)24-21(28)8-5-9-23(24)34-25/h2-11,14,18H,12-13,15H2,1H3,(H,29,31)(H,30,32). The van der Waals surface area contributed by atoms with E-state index in [9.17, 15) is 14.0 Å². The fraction of sp³-hybridized carbons (Fsp3) is 0.185. The Morgan fingerprint density at radius 1 is 1.03 bits per heavy atom. The number of anilines is 1. The smallest absolute Gasteiger partial charge is 0.266 e. The van der Waals surface area contributed by atoms with Gasteiger partial charge in [0, 0.05) is 32.9 Å². The molecule has 1 aliphatic rings. The predicted octanol–water partition coefficient (Wildman–Crippen LogP) is 6.07. The Kier molecular flexibility index (Phi) is 6.02. The van der Waals surface area contributed by atoms with Gasteiger partial charge in [0.25, 0.3) is 11.8 Å². The van der Waals surface area contributed by atoms with Crippen molar-refractivity contribution in [3.63, 3.8) is 0 Å². The number of aryl methyl sites for hydroxylation is 1. The van der Waals surface area contributed by atoms with E-state index in [-0.39, 0.29) is 24.5 Å². The highest BCUT2D eigenvalue weighted by atomic mass is 32.1. The molecule has 0 saturated heterocycles. The Morgan fingerprint density at radius 3 is 2.59 bits per heavy atom. The Hall–Kier alpha value is -3.71. The van der Waals surface area contributed by atoms with Gasteiger partial charge < -0.3 is 15.4 Å². The molecule has 0 bridgehead atoms. The van der Waals surface area contributed by atoms with Gasteiger partial charge in [-0.25, -0.2) is 4.39 Å². The molecule has 1 saturated carbocycles. The summed E-state index contributed by atoms with van der Waals surface area (Å²) in [6, 6.07) is 19.5. The lowest BCUT2D eigenvalue weighted by Crippen LogP contribution is -2.25. The third-order valence-electron chi connectivity index (χ3n) is 5.76. The summed E-state index contributed by atoms with van der Waals surface area (Å²) in [4.78, 5) is 26.2. The van der Waals surface area contributed by atoms with Crippen LogP contribution in [-0.4, -0.2) is 17.9 Å². The SMILES string of the molecule is Cc1ccc(C(=O)NC2CC2)cc1NC(=O)c1sc2cccc(F)c2c1COc1ccccc1. The number of benzene rings is 3. The Morgan fingerprint density at radius 2 is 1.82 bits per heavy atom. The largest absolute Gasteiger partial charge is 0.489 e. The zero-order chi connectivity index (χ0) is 23.7. The number of nitrogens with one attached hydrogen (secondary N) is 2. The molecule has 34 heavy (non-hydrogen) atoms. The highest BCUT2D eigenvalue weighted by molar-refractivity contribution is 7.21. The minimum atomic E-state index is -0.394. The van der Waals surface area contributed by atoms with Gasteiger partial charge in [-0.05, 0) is 61.7 Å². The molecular weight excluding hydrogens is 451 g/mol. The number of hydrogen-bond acceptors (Lipinski definition) is 4. The van der Waals surface area contributed by atoms with E-state index in [1.54, 1.807) is 30.3 Å². The van der Waals surface area contributed by atoms with E-state index in [4.69, 9.17) is 4.74 Å². The van der Waals surface area contributed by atoms with E-state index >= 15 is 0 Å². The number of fused-ring (bicyclic) bond motifs is 1. The molecule has 5 rings (SSSR count). The molecule has 0 unspecified atom stereocenters. The summed E-state index contributed by atoms with van der Waals surface area (Å²) in [6.45, 7) is 1.92. The van der Waals surface area contributed by atoms with Crippen molar-refractivity contribution in [2.24, 2.45) is 0 Å². The van der Waals surface area contributed by atoms with Crippen molar-refractivity contribution in [3.8, 4) is 5.75 Å². The van der Waals surface area contributed by atoms with Gasteiger partial charge >= 0.3 is 0 Å². The quantitative estimate of drug-likeness (QED) is 0.342. The van der Waals surface area contributed by atoms with Crippen LogP contribution < -0.4 is 15.4 Å². The Balaban J connectivity index is 1.45. The van der Waals surface area contributed by atoms with Crippen LogP contribution in [0.1, 0.15) is 44.0 Å². The van der Waals surface area contributed by atoms with E-state index in [1.165, 1.54) is 17.4 Å². The van der Waals surface area contributed by atoms with E-state index < -0.39 is 5.82 Å². The van der Waals surface area contributed by atoms with Crippen molar-refractivity contribution >= 4 is 38.9 Å². The van der Waals surface area contributed by atoms with Gasteiger partial charge in [0.15, 0.2) is 0 Å². The zero-order valence-electron chi connectivity index (χ0n) is 18.6. The first kappa shape index (κ1) is 22.1. The summed E-state index contributed by atoms with van der Waals surface area (Å²) >= 11 is 1.22. The van der Waals surface area contributed by atoms with Gasteiger partial charge in [-0.3, -0.25) is 9.59 Å². The summed E-state index contributed by atoms with van der Waals surface area (Å²) in [5.41, 5.74) is 2.36. The van der Waals surface area contributed by atoms with Gasteiger partial charge in [0.1, 0.15) is 23.1 Å². The number of rotatable bonds is 7. The Bertz CT molecular complexity index is 1380. The van der Waals surface area contributed by atoms with Crippen LogP contribution in [0, 0.1) is 12.7 Å². The van der Waals surface area contributed by atoms with Crippen LogP contribution in [0.4, 0.5) is 10.1 Å². The van der Waals surface area contributed by atoms with E-state index in [0.29, 0.717) is 37.5 Å². The summed E-state index contributed by atoms with van der Waals surface area (Å²) in [5, 5.41) is 6.27. The van der Waals surface area contributed by atoms with Crippen LogP contribution in [-0.2, 0) is 6.61 Å². The first-order valence-corrected chi connectivity index (χ1v) is 11.9. The third-order valence-corrected chi connectivity index (χ3v) is 6.95. The number of hydrogen-bond donors (Lipinski definition) is 2. The average Bonchev–Trinajstić information content (AvgIpc) is 3.57. The van der Waals surface area contributed by atoms with Crippen molar-refractivity contribution in [1.29, 1.82) is 0 Å². The number of thiophene rings is 1. The molecule has 7 heteroatoms. The highest BCUT2D eigenvalue weighted by Crippen LogP contribution is 2.35. The summed E-state index contributed by atoms with van der Waals surface area (Å²) < 4.78 is 21.3. The third kappa shape index (κ3) is 4.65. The van der Waals surface area contributed by atoms with Gasteiger partial charge in [-0.2, -0.15) is 0 Å². The molecule has 1 fully saturated rings. The second-order valence-electron chi connectivity index (χ2n) is 8.36. The lowest BCUT2D eigenvalue weighted by Gasteiger charge is -2.12. The first-order chi connectivity index (χ1) is 16.5. The summed E-state index contributed by atoms with van der Waals surface area (Å²) in [6.07, 6.45) is 2.00.